The first kappa shape index (κ1) is 11.6. The van der Waals surface area contributed by atoms with Crippen molar-refractivity contribution in [2.75, 3.05) is 6.61 Å². The predicted molar refractivity (Wildman–Crippen MR) is 71.1 cm³/mol. The number of hydrogen-bond acceptors (Lipinski definition) is 3. The van der Waals surface area contributed by atoms with Gasteiger partial charge in [-0.1, -0.05) is 18.2 Å². The third-order valence-corrected chi connectivity index (χ3v) is 3.62. The number of rotatable bonds is 2. The zero-order chi connectivity index (χ0) is 12.5. The van der Waals surface area contributed by atoms with Gasteiger partial charge in [-0.25, -0.2) is 4.39 Å². The second-order valence-electron chi connectivity index (χ2n) is 4.16. The Labute approximate surface area is 109 Å². The molecule has 92 valence electrons. The average Bonchev–Trinajstić information content (AvgIpc) is 2.86. The minimum Gasteiger partial charge on any atom is -0.492 e. The Balaban J connectivity index is 2.17. The van der Waals surface area contributed by atoms with Crippen LogP contribution in [0.1, 0.15) is 5.56 Å². The summed E-state index contributed by atoms with van der Waals surface area (Å²) in [5.41, 5.74) is 2.55. The number of fused-ring (bicyclic) bond motifs is 1. The van der Waals surface area contributed by atoms with E-state index in [2.05, 4.69) is 0 Å². The molecule has 0 atom stereocenters. The van der Waals surface area contributed by atoms with Gasteiger partial charge in [-0.3, -0.25) is 5.14 Å². The Kier molecular flexibility index (Phi) is 2.97. The molecule has 0 bridgehead atoms. The lowest BCUT2D eigenvalue weighted by molar-refractivity contribution is 0.350. The first-order chi connectivity index (χ1) is 8.79. The second kappa shape index (κ2) is 4.63. The van der Waals surface area contributed by atoms with Gasteiger partial charge < -0.3 is 4.74 Å². The van der Waals surface area contributed by atoms with Gasteiger partial charge in [-0.15, -0.1) is 0 Å². The van der Waals surface area contributed by atoms with E-state index in [0.29, 0.717) is 12.2 Å². The van der Waals surface area contributed by atoms with Crippen LogP contribution in [-0.2, 0) is 6.42 Å². The summed E-state index contributed by atoms with van der Waals surface area (Å²) in [7, 11) is 0. The van der Waals surface area contributed by atoms with Crippen LogP contribution < -0.4 is 9.88 Å². The molecule has 0 fully saturated rings. The third-order valence-electron chi connectivity index (χ3n) is 3.06. The fourth-order valence-corrected chi connectivity index (χ4v) is 2.70. The van der Waals surface area contributed by atoms with E-state index in [9.17, 15) is 4.39 Å². The molecule has 0 unspecified atom stereocenters. The van der Waals surface area contributed by atoms with Gasteiger partial charge in [0.15, 0.2) is 0 Å². The van der Waals surface area contributed by atoms with Crippen LogP contribution in [0.15, 0.2) is 41.3 Å². The largest absolute Gasteiger partial charge is 0.492 e. The lowest BCUT2D eigenvalue weighted by atomic mass is 10.0. The molecule has 3 rings (SSSR count). The van der Waals surface area contributed by atoms with Crippen molar-refractivity contribution in [3.63, 3.8) is 0 Å². The molecule has 1 aliphatic rings. The highest BCUT2D eigenvalue weighted by molar-refractivity contribution is 7.97. The molecule has 18 heavy (non-hydrogen) atoms. The third kappa shape index (κ3) is 1.87. The Hall–Kier alpha value is -1.52. The molecule has 0 radical (unpaired) electrons. The van der Waals surface area contributed by atoms with Crippen LogP contribution >= 0.6 is 11.9 Å². The van der Waals surface area contributed by atoms with Gasteiger partial charge in [0.2, 0.25) is 0 Å². The maximum Gasteiger partial charge on any atom is 0.137 e. The Bertz CT molecular complexity index is 600. The number of benzene rings is 2. The van der Waals surface area contributed by atoms with Crippen molar-refractivity contribution < 1.29 is 9.13 Å². The molecule has 2 nitrogen and oxygen atoms in total. The van der Waals surface area contributed by atoms with Crippen molar-refractivity contribution in [2.45, 2.75) is 11.3 Å². The fourth-order valence-electron chi connectivity index (χ4n) is 2.21. The molecule has 0 spiro atoms. The van der Waals surface area contributed by atoms with E-state index in [-0.39, 0.29) is 5.82 Å². The van der Waals surface area contributed by atoms with Crippen molar-refractivity contribution in [2.24, 2.45) is 5.14 Å². The van der Waals surface area contributed by atoms with Crippen molar-refractivity contribution in [1.29, 1.82) is 0 Å². The molecule has 0 amide bonds. The van der Waals surface area contributed by atoms with E-state index in [1.54, 1.807) is 12.1 Å². The summed E-state index contributed by atoms with van der Waals surface area (Å²) in [6, 6.07) is 10.6. The predicted octanol–water partition coefficient (Wildman–Crippen LogP) is 3.39. The Morgan fingerprint density at radius 2 is 2.06 bits per heavy atom. The number of ether oxygens (including phenoxy) is 1. The molecule has 2 aromatic rings. The normalized spacial score (nSPS) is 13.2. The Morgan fingerprint density at radius 1 is 1.22 bits per heavy atom. The molecular formula is C14H12FNOS. The van der Waals surface area contributed by atoms with E-state index in [0.717, 1.165) is 40.1 Å². The number of halogens is 1. The first-order valence-corrected chi connectivity index (χ1v) is 6.59. The summed E-state index contributed by atoms with van der Waals surface area (Å²) in [6.45, 7) is 0.670. The molecule has 0 saturated heterocycles. The summed E-state index contributed by atoms with van der Waals surface area (Å²) in [5, 5.41) is 5.65. The average molecular weight is 261 g/mol. The molecule has 2 aromatic carbocycles. The van der Waals surface area contributed by atoms with Gasteiger partial charge in [0.05, 0.1) is 11.5 Å². The zero-order valence-corrected chi connectivity index (χ0v) is 10.5. The van der Waals surface area contributed by atoms with Gasteiger partial charge in [-0.2, -0.15) is 0 Å². The molecule has 0 aromatic heterocycles. The lowest BCUT2D eigenvalue weighted by Gasteiger charge is -2.09. The quantitative estimate of drug-likeness (QED) is 0.842. The number of hydrogen-bond donors (Lipinski definition) is 1. The summed E-state index contributed by atoms with van der Waals surface area (Å²) >= 11 is 1.14. The highest BCUT2D eigenvalue weighted by Crippen LogP contribution is 2.38. The van der Waals surface area contributed by atoms with Crippen molar-refractivity contribution in [3.05, 3.63) is 47.8 Å². The first-order valence-electron chi connectivity index (χ1n) is 5.71. The summed E-state index contributed by atoms with van der Waals surface area (Å²) in [5.74, 6) is 0.631. The maximum atomic E-state index is 13.8. The van der Waals surface area contributed by atoms with Crippen LogP contribution in [0.25, 0.3) is 11.1 Å². The molecular weight excluding hydrogens is 249 g/mol. The van der Waals surface area contributed by atoms with Gasteiger partial charge in [-0.05, 0) is 41.3 Å². The van der Waals surface area contributed by atoms with Crippen LogP contribution in [0.2, 0.25) is 0 Å². The van der Waals surface area contributed by atoms with Crippen molar-refractivity contribution >= 4 is 11.9 Å². The summed E-state index contributed by atoms with van der Waals surface area (Å²) in [6.07, 6.45) is 0.852. The zero-order valence-electron chi connectivity index (χ0n) is 9.65. The molecule has 0 aliphatic carbocycles. The Morgan fingerprint density at radius 3 is 2.83 bits per heavy atom. The van der Waals surface area contributed by atoms with E-state index < -0.39 is 0 Å². The highest BCUT2D eigenvalue weighted by Gasteiger charge is 2.19. The van der Waals surface area contributed by atoms with E-state index >= 15 is 0 Å². The minimum absolute atomic E-state index is 0.218. The smallest absolute Gasteiger partial charge is 0.137 e. The van der Waals surface area contributed by atoms with Gasteiger partial charge in [0, 0.05) is 12.0 Å². The lowest BCUT2D eigenvalue weighted by Crippen LogP contribution is -1.91. The van der Waals surface area contributed by atoms with Gasteiger partial charge in [0.25, 0.3) is 0 Å². The van der Waals surface area contributed by atoms with Crippen LogP contribution in [0.4, 0.5) is 4.39 Å². The van der Waals surface area contributed by atoms with Crippen molar-refractivity contribution in [3.8, 4) is 16.9 Å². The molecule has 4 heteroatoms. The van der Waals surface area contributed by atoms with E-state index in [4.69, 9.17) is 9.88 Å². The van der Waals surface area contributed by atoms with Crippen LogP contribution in [0.5, 0.6) is 5.75 Å². The van der Waals surface area contributed by atoms with Gasteiger partial charge in [0.1, 0.15) is 11.6 Å². The summed E-state index contributed by atoms with van der Waals surface area (Å²) < 4.78 is 19.3. The second-order valence-corrected chi connectivity index (χ2v) is 4.83. The fraction of sp³-hybridized carbons (Fsp3) is 0.143. The van der Waals surface area contributed by atoms with Gasteiger partial charge >= 0.3 is 0 Å². The van der Waals surface area contributed by atoms with Crippen LogP contribution in [-0.4, -0.2) is 6.61 Å². The van der Waals surface area contributed by atoms with E-state index in [1.807, 2.05) is 18.2 Å². The molecule has 1 heterocycles. The minimum atomic E-state index is -0.218. The SMILES string of the molecule is NSc1cc(-c2ccccc2F)cc2c1OCC2. The molecule has 0 saturated carbocycles. The standard InChI is InChI=1S/C14H12FNOS/c15-12-4-2-1-3-11(12)10-7-9-5-6-17-14(9)13(8-10)18-16/h1-4,7-8H,5-6,16H2. The number of nitrogens with two attached hydrogens (primary N) is 1. The molecule has 1 aliphatic heterocycles. The van der Waals surface area contributed by atoms with Crippen LogP contribution in [0, 0.1) is 5.82 Å². The molecule has 2 N–H and O–H groups in total. The summed E-state index contributed by atoms with van der Waals surface area (Å²) in [4.78, 5) is 0.864. The topological polar surface area (TPSA) is 35.2 Å². The van der Waals surface area contributed by atoms with Crippen LogP contribution in [0.3, 0.4) is 0 Å². The maximum absolute atomic E-state index is 13.8. The monoisotopic (exact) mass is 261 g/mol. The highest BCUT2D eigenvalue weighted by atomic mass is 32.2. The van der Waals surface area contributed by atoms with Crippen molar-refractivity contribution in [1.82, 2.24) is 0 Å². The van der Waals surface area contributed by atoms with E-state index in [1.165, 1.54) is 6.07 Å².